The van der Waals surface area contributed by atoms with Crippen LogP contribution in [0.1, 0.15) is 53.7 Å². The van der Waals surface area contributed by atoms with Gasteiger partial charge in [0.2, 0.25) is 0 Å². The van der Waals surface area contributed by atoms with Gasteiger partial charge in [-0.15, -0.1) is 10.2 Å². The van der Waals surface area contributed by atoms with Crippen molar-refractivity contribution in [1.29, 1.82) is 0 Å². The fraction of sp³-hybridized carbons (Fsp3) is 0.421. The Morgan fingerprint density at radius 3 is 2.58 bits per heavy atom. The highest BCUT2D eigenvalue weighted by Gasteiger charge is 2.14. The van der Waals surface area contributed by atoms with E-state index >= 15 is 0 Å². The van der Waals surface area contributed by atoms with E-state index in [4.69, 9.17) is 0 Å². The summed E-state index contributed by atoms with van der Waals surface area (Å²) in [6, 6.07) is 12.1. The Morgan fingerprint density at radius 2 is 1.88 bits per heavy atom. The van der Waals surface area contributed by atoms with Crippen LogP contribution in [0.5, 0.6) is 0 Å². The number of carbonyl (C=O) groups is 1. The number of rotatable bonds is 5. The second kappa shape index (κ2) is 7.90. The van der Waals surface area contributed by atoms with Crippen molar-refractivity contribution in [3.05, 3.63) is 53.2 Å². The molecule has 0 unspecified atom stereocenters. The van der Waals surface area contributed by atoms with Gasteiger partial charge < -0.3 is 10.6 Å². The monoisotopic (exact) mass is 324 g/mol. The Kier molecular flexibility index (Phi) is 5.41. The minimum atomic E-state index is -0.199. The average Bonchev–Trinajstić information content (AvgIpc) is 2.62. The van der Waals surface area contributed by atoms with Crippen LogP contribution in [0.4, 0.5) is 5.82 Å². The number of anilines is 1. The zero-order valence-corrected chi connectivity index (χ0v) is 14.1. The zero-order valence-electron chi connectivity index (χ0n) is 14.1. The molecule has 0 bridgehead atoms. The molecule has 0 atom stereocenters. The fourth-order valence-electron chi connectivity index (χ4n) is 3.06. The van der Waals surface area contributed by atoms with E-state index in [1.54, 1.807) is 6.07 Å². The Labute approximate surface area is 142 Å². The number of aromatic nitrogens is 2. The molecule has 0 saturated heterocycles. The van der Waals surface area contributed by atoms with E-state index in [0.29, 0.717) is 18.3 Å². The van der Waals surface area contributed by atoms with E-state index in [9.17, 15) is 4.79 Å². The third kappa shape index (κ3) is 4.31. The lowest BCUT2D eigenvalue weighted by molar-refractivity contribution is 0.0945. The zero-order chi connectivity index (χ0) is 16.8. The highest BCUT2D eigenvalue weighted by atomic mass is 16.1. The molecule has 1 fully saturated rings. The molecule has 0 aliphatic heterocycles. The molecule has 1 aliphatic rings. The molecule has 1 aliphatic carbocycles. The lowest BCUT2D eigenvalue weighted by Crippen LogP contribution is -2.25. The van der Waals surface area contributed by atoms with E-state index in [1.807, 2.05) is 37.3 Å². The maximum absolute atomic E-state index is 12.2. The molecule has 1 aromatic heterocycles. The third-order valence-electron chi connectivity index (χ3n) is 4.56. The standard InChI is InChI=1S/C19H24N4O/c1-14-7-5-6-8-15(14)13-20-19(24)17-11-12-18(23-22-17)21-16-9-3-2-4-10-16/h5-8,11-12,16H,2-4,9-10,13H2,1H3,(H,20,24)(H,21,23). The van der Waals surface area contributed by atoms with Gasteiger partial charge in [-0.3, -0.25) is 4.79 Å². The summed E-state index contributed by atoms with van der Waals surface area (Å²) >= 11 is 0. The van der Waals surface area contributed by atoms with Gasteiger partial charge in [-0.05, 0) is 43.0 Å². The van der Waals surface area contributed by atoms with Crippen molar-refractivity contribution in [3.63, 3.8) is 0 Å². The first-order valence-corrected chi connectivity index (χ1v) is 8.65. The molecule has 3 rings (SSSR count). The molecule has 5 heteroatoms. The largest absolute Gasteiger partial charge is 0.366 e. The highest BCUT2D eigenvalue weighted by molar-refractivity contribution is 5.92. The first kappa shape index (κ1) is 16.4. The number of carbonyl (C=O) groups excluding carboxylic acids is 1. The number of hydrogen-bond donors (Lipinski definition) is 2. The van der Waals surface area contributed by atoms with Crippen LogP contribution in [0.3, 0.4) is 0 Å². The van der Waals surface area contributed by atoms with E-state index in [0.717, 1.165) is 16.9 Å². The number of aryl methyl sites for hydroxylation is 1. The van der Waals surface area contributed by atoms with Crippen molar-refractivity contribution in [2.24, 2.45) is 0 Å². The van der Waals surface area contributed by atoms with E-state index in [1.165, 1.54) is 32.1 Å². The molecule has 1 heterocycles. The molecule has 1 saturated carbocycles. The van der Waals surface area contributed by atoms with Gasteiger partial charge in [-0.1, -0.05) is 43.5 Å². The molecular weight excluding hydrogens is 300 g/mol. The quantitative estimate of drug-likeness (QED) is 0.884. The van der Waals surface area contributed by atoms with Gasteiger partial charge in [0, 0.05) is 12.6 Å². The van der Waals surface area contributed by atoms with Gasteiger partial charge in [0.1, 0.15) is 5.82 Å². The molecule has 24 heavy (non-hydrogen) atoms. The van der Waals surface area contributed by atoms with Crippen LogP contribution in [0, 0.1) is 6.92 Å². The summed E-state index contributed by atoms with van der Waals surface area (Å²) in [6.07, 6.45) is 6.22. The topological polar surface area (TPSA) is 66.9 Å². The first-order valence-electron chi connectivity index (χ1n) is 8.65. The summed E-state index contributed by atoms with van der Waals surface area (Å²) in [7, 11) is 0. The average molecular weight is 324 g/mol. The van der Waals surface area contributed by atoms with Gasteiger partial charge in [-0.2, -0.15) is 0 Å². The van der Waals surface area contributed by atoms with Crippen LogP contribution >= 0.6 is 0 Å². The Bertz CT molecular complexity index is 678. The van der Waals surface area contributed by atoms with Crippen molar-refractivity contribution < 1.29 is 4.79 Å². The van der Waals surface area contributed by atoms with Crippen LogP contribution in [0.25, 0.3) is 0 Å². The number of amides is 1. The van der Waals surface area contributed by atoms with E-state index in [-0.39, 0.29) is 5.91 Å². The van der Waals surface area contributed by atoms with Crippen molar-refractivity contribution in [2.75, 3.05) is 5.32 Å². The van der Waals surface area contributed by atoms with E-state index in [2.05, 4.69) is 20.8 Å². The lowest BCUT2D eigenvalue weighted by atomic mass is 9.95. The highest BCUT2D eigenvalue weighted by Crippen LogP contribution is 2.20. The van der Waals surface area contributed by atoms with Crippen molar-refractivity contribution in [1.82, 2.24) is 15.5 Å². The summed E-state index contributed by atoms with van der Waals surface area (Å²) in [5.41, 5.74) is 2.61. The smallest absolute Gasteiger partial charge is 0.272 e. The Balaban J connectivity index is 1.54. The minimum absolute atomic E-state index is 0.199. The molecule has 1 amide bonds. The minimum Gasteiger partial charge on any atom is -0.366 e. The third-order valence-corrected chi connectivity index (χ3v) is 4.56. The van der Waals surface area contributed by atoms with Crippen molar-refractivity contribution >= 4 is 11.7 Å². The summed E-state index contributed by atoms with van der Waals surface area (Å²) in [4.78, 5) is 12.2. The summed E-state index contributed by atoms with van der Waals surface area (Å²) in [5.74, 6) is 0.548. The Hall–Kier alpha value is -2.43. The van der Waals surface area contributed by atoms with Crippen LogP contribution in [-0.2, 0) is 6.54 Å². The second-order valence-corrected chi connectivity index (χ2v) is 6.39. The molecule has 2 aromatic rings. The van der Waals surface area contributed by atoms with Crippen molar-refractivity contribution in [2.45, 2.75) is 51.6 Å². The summed E-state index contributed by atoms with van der Waals surface area (Å²) in [5, 5.41) is 14.5. The fourth-order valence-corrected chi connectivity index (χ4v) is 3.06. The van der Waals surface area contributed by atoms with E-state index < -0.39 is 0 Å². The van der Waals surface area contributed by atoms with Gasteiger partial charge >= 0.3 is 0 Å². The molecule has 2 N–H and O–H groups in total. The van der Waals surface area contributed by atoms with Gasteiger partial charge in [-0.25, -0.2) is 0 Å². The van der Waals surface area contributed by atoms with Gasteiger partial charge in [0.05, 0.1) is 0 Å². The number of nitrogens with zero attached hydrogens (tertiary/aromatic N) is 2. The van der Waals surface area contributed by atoms with Crippen LogP contribution in [-0.4, -0.2) is 22.1 Å². The SMILES string of the molecule is Cc1ccccc1CNC(=O)c1ccc(NC2CCCCC2)nn1. The number of nitrogens with one attached hydrogen (secondary N) is 2. The number of benzene rings is 1. The maximum atomic E-state index is 12.2. The van der Waals surface area contributed by atoms with Gasteiger partial charge in [0.25, 0.3) is 5.91 Å². The first-order chi connectivity index (χ1) is 11.7. The summed E-state index contributed by atoms with van der Waals surface area (Å²) < 4.78 is 0. The normalized spacial score (nSPS) is 15.0. The molecule has 1 aromatic carbocycles. The van der Waals surface area contributed by atoms with Crippen LogP contribution < -0.4 is 10.6 Å². The molecule has 5 nitrogen and oxygen atoms in total. The maximum Gasteiger partial charge on any atom is 0.272 e. The van der Waals surface area contributed by atoms with Gasteiger partial charge in [0.15, 0.2) is 5.69 Å². The number of hydrogen-bond acceptors (Lipinski definition) is 4. The summed E-state index contributed by atoms with van der Waals surface area (Å²) in [6.45, 7) is 2.53. The molecular formula is C19H24N4O. The second-order valence-electron chi connectivity index (χ2n) is 6.39. The predicted octanol–water partition coefficient (Wildman–Crippen LogP) is 3.46. The molecule has 0 radical (unpaired) electrons. The molecule has 126 valence electrons. The molecule has 0 spiro atoms. The Morgan fingerprint density at radius 1 is 1.08 bits per heavy atom. The van der Waals surface area contributed by atoms with Crippen molar-refractivity contribution in [3.8, 4) is 0 Å². The lowest BCUT2D eigenvalue weighted by Gasteiger charge is -2.22. The van der Waals surface area contributed by atoms with Crippen LogP contribution in [0.2, 0.25) is 0 Å². The van der Waals surface area contributed by atoms with Crippen LogP contribution in [0.15, 0.2) is 36.4 Å². The predicted molar refractivity (Wildman–Crippen MR) is 94.9 cm³/mol.